The second-order valence-corrected chi connectivity index (χ2v) is 8.96. The Morgan fingerprint density at radius 1 is 0.655 bits per heavy atom. The van der Waals surface area contributed by atoms with Gasteiger partial charge in [0, 0.05) is 13.1 Å². The van der Waals surface area contributed by atoms with Crippen LogP contribution in [-0.2, 0) is 14.3 Å². The molecule has 0 aromatic heterocycles. The van der Waals surface area contributed by atoms with Crippen LogP contribution in [0.2, 0.25) is 0 Å². The predicted octanol–water partition coefficient (Wildman–Crippen LogP) is 4.73. The van der Waals surface area contributed by atoms with Gasteiger partial charge >= 0.3 is 0 Å². The van der Waals surface area contributed by atoms with Gasteiger partial charge in [0.15, 0.2) is 0 Å². The molecule has 2 rings (SSSR count). The number of unbranched alkanes of at least 4 members (excludes halogenated alkanes) is 10. The van der Waals surface area contributed by atoms with Crippen molar-refractivity contribution >= 4 is 11.8 Å². The van der Waals surface area contributed by atoms with E-state index in [9.17, 15) is 9.59 Å². The number of fused-ring (bicyclic) bond motifs is 2. The first-order chi connectivity index (χ1) is 14.2. The van der Waals surface area contributed by atoms with Crippen LogP contribution in [0.5, 0.6) is 0 Å². The number of rotatable bonds is 16. The van der Waals surface area contributed by atoms with Crippen molar-refractivity contribution in [3.63, 3.8) is 0 Å². The summed E-state index contributed by atoms with van der Waals surface area (Å²) in [5.74, 6) is -0.576. The van der Waals surface area contributed by atoms with Crippen LogP contribution in [0.15, 0.2) is 0 Å². The molecular weight excluding hydrogens is 364 g/mol. The Morgan fingerprint density at radius 3 is 1.45 bits per heavy atom. The molecule has 29 heavy (non-hydrogen) atoms. The summed E-state index contributed by atoms with van der Waals surface area (Å²) in [5.41, 5.74) is 0. The van der Waals surface area contributed by atoms with Crippen LogP contribution >= 0.6 is 0 Å². The SMILES string of the molecule is CCCCCCCCNC(=O)[C@@H]1[C@H](C(=O)NCCCCCCCC)[C@H]2CC[C@@H]1O2. The standard InChI is InChI=1S/C24H44N2O3/c1-3-5-7-9-11-13-17-25-23(27)21-19-15-16-20(29-19)22(21)24(28)26-18-14-12-10-8-6-4-2/h19-22H,3-18H2,1-2H3,(H,25,27)(H,26,28)/t19-,20+,21-,22+. The smallest absolute Gasteiger partial charge is 0.226 e. The Labute approximate surface area is 178 Å². The summed E-state index contributed by atoms with van der Waals surface area (Å²) in [6.07, 6.45) is 16.2. The molecule has 5 heteroatoms. The van der Waals surface area contributed by atoms with Crippen molar-refractivity contribution in [1.82, 2.24) is 10.6 Å². The first-order valence-corrected chi connectivity index (χ1v) is 12.4. The molecule has 2 amide bonds. The van der Waals surface area contributed by atoms with Gasteiger partial charge in [0.2, 0.25) is 11.8 Å². The average molecular weight is 409 g/mol. The van der Waals surface area contributed by atoms with E-state index in [1.807, 2.05) is 0 Å². The lowest BCUT2D eigenvalue weighted by molar-refractivity contribution is -0.135. The van der Waals surface area contributed by atoms with Crippen LogP contribution in [-0.4, -0.2) is 37.1 Å². The predicted molar refractivity (Wildman–Crippen MR) is 118 cm³/mol. The summed E-state index contributed by atoms with van der Waals surface area (Å²) in [5, 5.41) is 6.16. The van der Waals surface area contributed by atoms with Gasteiger partial charge in [-0.3, -0.25) is 9.59 Å². The minimum absolute atomic E-state index is 0.0190. The second-order valence-electron chi connectivity index (χ2n) is 8.96. The van der Waals surface area contributed by atoms with Crippen LogP contribution in [0.1, 0.15) is 104 Å². The highest BCUT2D eigenvalue weighted by Gasteiger charge is 2.55. The van der Waals surface area contributed by atoms with E-state index < -0.39 is 0 Å². The first-order valence-electron chi connectivity index (χ1n) is 12.4. The van der Waals surface area contributed by atoms with Crippen molar-refractivity contribution < 1.29 is 14.3 Å². The van der Waals surface area contributed by atoms with E-state index in [0.29, 0.717) is 13.1 Å². The molecule has 168 valence electrons. The zero-order valence-electron chi connectivity index (χ0n) is 18.8. The number of carbonyl (C=O) groups is 2. The molecule has 0 spiro atoms. The van der Waals surface area contributed by atoms with Crippen LogP contribution in [0.25, 0.3) is 0 Å². The number of hydrogen-bond acceptors (Lipinski definition) is 3. The molecule has 0 radical (unpaired) electrons. The molecule has 4 atom stereocenters. The highest BCUT2D eigenvalue weighted by Crippen LogP contribution is 2.43. The van der Waals surface area contributed by atoms with E-state index >= 15 is 0 Å². The summed E-state index contributed by atoms with van der Waals surface area (Å²) < 4.78 is 5.96. The van der Waals surface area contributed by atoms with Crippen LogP contribution in [0.3, 0.4) is 0 Å². The van der Waals surface area contributed by atoms with E-state index in [-0.39, 0.29) is 35.9 Å². The quantitative estimate of drug-likeness (QED) is 0.363. The third kappa shape index (κ3) is 7.92. The summed E-state index contributed by atoms with van der Waals surface area (Å²) in [7, 11) is 0. The Kier molecular flexibility index (Phi) is 11.7. The molecule has 0 aromatic rings. The number of carbonyl (C=O) groups excluding carboxylic acids is 2. The van der Waals surface area contributed by atoms with Crippen molar-refractivity contribution in [1.29, 1.82) is 0 Å². The summed E-state index contributed by atoms with van der Waals surface area (Å²) in [4.78, 5) is 25.6. The molecular formula is C24H44N2O3. The second kappa shape index (κ2) is 14.0. The van der Waals surface area contributed by atoms with Gasteiger partial charge in [-0.05, 0) is 25.7 Å². The van der Waals surface area contributed by atoms with Gasteiger partial charge in [0.1, 0.15) is 0 Å². The van der Waals surface area contributed by atoms with Crippen molar-refractivity contribution in [2.45, 2.75) is 116 Å². The highest BCUT2D eigenvalue weighted by atomic mass is 16.5. The molecule has 0 unspecified atom stereocenters. The van der Waals surface area contributed by atoms with Crippen molar-refractivity contribution in [3.05, 3.63) is 0 Å². The molecule has 2 aliphatic rings. The molecule has 2 bridgehead atoms. The maximum atomic E-state index is 12.8. The van der Waals surface area contributed by atoms with Gasteiger partial charge in [-0.25, -0.2) is 0 Å². The van der Waals surface area contributed by atoms with Crippen LogP contribution in [0, 0.1) is 11.8 Å². The lowest BCUT2D eigenvalue weighted by Gasteiger charge is -2.26. The first kappa shape index (κ1) is 24.2. The van der Waals surface area contributed by atoms with Crippen molar-refractivity contribution in [2.24, 2.45) is 11.8 Å². The lowest BCUT2D eigenvalue weighted by Crippen LogP contribution is -2.47. The monoisotopic (exact) mass is 408 g/mol. The molecule has 0 saturated carbocycles. The van der Waals surface area contributed by atoms with E-state index in [4.69, 9.17) is 4.74 Å². The molecule has 5 nitrogen and oxygen atoms in total. The average Bonchev–Trinajstić information content (AvgIpc) is 3.34. The van der Waals surface area contributed by atoms with Crippen LogP contribution in [0.4, 0.5) is 0 Å². The van der Waals surface area contributed by atoms with E-state index in [1.165, 1.54) is 51.4 Å². The fraction of sp³-hybridized carbons (Fsp3) is 0.917. The third-order valence-corrected chi connectivity index (χ3v) is 6.54. The fourth-order valence-electron chi connectivity index (χ4n) is 4.81. The van der Waals surface area contributed by atoms with E-state index in [2.05, 4.69) is 24.5 Å². The summed E-state index contributed by atoms with van der Waals surface area (Å²) in [6, 6.07) is 0. The normalized spacial score (nSPS) is 25.3. The van der Waals surface area contributed by atoms with Crippen molar-refractivity contribution in [2.75, 3.05) is 13.1 Å². The van der Waals surface area contributed by atoms with Gasteiger partial charge in [-0.1, -0.05) is 78.1 Å². The molecule has 2 N–H and O–H groups in total. The lowest BCUT2D eigenvalue weighted by atomic mass is 9.78. The zero-order valence-corrected chi connectivity index (χ0v) is 18.8. The molecule has 2 saturated heterocycles. The third-order valence-electron chi connectivity index (χ3n) is 6.54. The largest absolute Gasteiger partial charge is 0.373 e. The maximum absolute atomic E-state index is 12.8. The summed E-state index contributed by atoms with van der Waals surface area (Å²) >= 11 is 0. The highest BCUT2D eigenvalue weighted by molar-refractivity contribution is 5.89. The Hall–Kier alpha value is -1.10. The maximum Gasteiger partial charge on any atom is 0.226 e. The van der Waals surface area contributed by atoms with Gasteiger partial charge in [0.25, 0.3) is 0 Å². The minimum Gasteiger partial charge on any atom is -0.373 e. The fourth-order valence-corrected chi connectivity index (χ4v) is 4.81. The van der Waals surface area contributed by atoms with Crippen LogP contribution < -0.4 is 10.6 Å². The summed E-state index contributed by atoms with van der Waals surface area (Å²) in [6.45, 7) is 5.87. The molecule has 2 fully saturated rings. The Morgan fingerprint density at radius 2 is 1.03 bits per heavy atom. The molecule has 2 heterocycles. The zero-order chi connectivity index (χ0) is 20.9. The number of nitrogens with one attached hydrogen (secondary N) is 2. The Bertz CT molecular complexity index is 441. The van der Waals surface area contributed by atoms with Gasteiger partial charge in [-0.15, -0.1) is 0 Å². The van der Waals surface area contributed by atoms with E-state index in [0.717, 1.165) is 38.5 Å². The number of hydrogen-bond donors (Lipinski definition) is 2. The van der Waals surface area contributed by atoms with E-state index in [1.54, 1.807) is 0 Å². The van der Waals surface area contributed by atoms with Gasteiger partial charge in [-0.2, -0.15) is 0 Å². The molecule has 0 aliphatic carbocycles. The number of amides is 2. The topological polar surface area (TPSA) is 67.4 Å². The minimum atomic E-state index is -0.307. The molecule has 2 aliphatic heterocycles. The molecule has 0 aromatic carbocycles. The Balaban J connectivity index is 1.68. The number of ether oxygens (including phenoxy) is 1. The van der Waals surface area contributed by atoms with Gasteiger partial charge < -0.3 is 15.4 Å². The van der Waals surface area contributed by atoms with Crippen molar-refractivity contribution in [3.8, 4) is 0 Å². The van der Waals surface area contributed by atoms with Gasteiger partial charge in [0.05, 0.1) is 24.0 Å².